The fraction of sp³-hybridized carbons (Fsp3) is 0.333. The molecule has 5 nitrogen and oxygen atoms in total. The fourth-order valence-electron chi connectivity index (χ4n) is 4.85. The lowest BCUT2D eigenvalue weighted by Crippen LogP contribution is -2.41. The number of hydrogen-bond acceptors (Lipinski definition) is 6. The maximum absolute atomic E-state index is 14.2. The summed E-state index contributed by atoms with van der Waals surface area (Å²) in [5.41, 5.74) is -0.0614. The molecule has 0 aliphatic carbocycles. The predicted octanol–water partition coefficient (Wildman–Crippen LogP) is 5.55. The van der Waals surface area contributed by atoms with E-state index in [1.54, 1.807) is 29.5 Å². The van der Waals surface area contributed by atoms with Crippen LogP contribution < -0.4 is 0 Å². The Labute approximate surface area is 225 Å². The Balaban J connectivity index is 1.42. The SMILES string of the molecule is Cc1ccsc1CN(CCN1CCOCC1)Cc1ccc(C(O)(c2cccc(F)c2)c2cccc(F)c2)o1. The van der Waals surface area contributed by atoms with E-state index in [1.807, 2.05) is 6.07 Å². The van der Waals surface area contributed by atoms with Crippen LogP contribution in [0, 0.1) is 18.6 Å². The summed E-state index contributed by atoms with van der Waals surface area (Å²) in [6, 6.07) is 17.1. The van der Waals surface area contributed by atoms with Gasteiger partial charge >= 0.3 is 0 Å². The van der Waals surface area contributed by atoms with Gasteiger partial charge in [-0.1, -0.05) is 24.3 Å². The maximum Gasteiger partial charge on any atom is 0.173 e. The molecule has 0 amide bonds. The van der Waals surface area contributed by atoms with Gasteiger partial charge in [-0.15, -0.1) is 11.3 Å². The molecule has 1 fully saturated rings. The van der Waals surface area contributed by atoms with Crippen molar-refractivity contribution in [3.05, 3.63) is 117 Å². The first kappa shape index (κ1) is 26.7. The molecule has 38 heavy (non-hydrogen) atoms. The van der Waals surface area contributed by atoms with E-state index in [1.165, 1.54) is 46.8 Å². The molecule has 2 aromatic heterocycles. The molecule has 200 valence electrons. The van der Waals surface area contributed by atoms with Crippen molar-refractivity contribution in [2.45, 2.75) is 25.6 Å². The summed E-state index contributed by atoms with van der Waals surface area (Å²) in [6.07, 6.45) is 0. The van der Waals surface area contributed by atoms with E-state index in [0.717, 1.165) is 45.9 Å². The number of ether oxygens (including phenoxy) is 1. The molecule has 0 bridgehead atoms. The van der Waals surface area contributed by atoms with Crippen LogP contribution in [-0.4, -0.2) is 54.3 Å². The van der Waals surface area contributed by atoms with Crippen LogP contribution in [0.5, 0.6) is 0 Å². The molecule has 1 saturated heterocycles. The van der Waals surface area contributed by atoms with Gasteiger partial charge in [0.15, 0.2) is 5.60 Å². The van der Waals surface area contributed by atoms with Crippen LogP contribution in [0.3, 0.4) is 0 Å². The Hall–Kier alpha value is -2.88. The first-order valence-electron chi connectivity index (χ1n) is 12.8. The third-order valence-electron chi connectivity index (χ3n) is 7.05. The highest BCUT2D eigenvalue weighted by atomic mass is 32.1. The van der Waals surface area contributed by atoms with Gasteiger partial charge in [0.25, 0.3) is 0 Å². The van der Waals surface area contributed by atoms with Crippen LogP contribution >= 0.6 is 11.3 Å². The Morgan fingerprint density at radius 3 is 2.24 bits per heavy atom. The molecule has 2 aromatic carbocycles. The molecule has 0 radical (unpaired) electrons. The van der Waals surface area contributed by atoms with E-state index in [-0.39, 0.29) is 16.9 Å². The van der Waals surface area contributed by atoms with Crippen molar-refractivity contribution in [2.75, 3.05) is 39.4 Å². The van der Waals surface area contributed by atoms with E-state index >= 15 is 0 Å². The van der Waals surface area contributed by atoms with Crippen LogP contribution in [0.4, 0.5) is 8.78 Å². The van der Waals surface area contributed by atoms with Gasteiger partial charge in [-0.2, -0.15) is 0 Å². The van der Waals surface area contributed by atoms with Gasteiger partial charge in [0.05, 0.1) is 19.8 Å². The molecule has 0 saturated carbocycles. The monoisotopic (exact) mass is 538 g/mol. The molecule has 0 atom stereocenters. The average molecular weight is 539 g/mol. The highest BCUT2D eigenvalue weighted by molar-refractivity contribution is 7.10. The third-order valence-corrected chi connectivity index (χ3v) is 8.06. The lowest BCUT2D eigenvalue weighted by Gasteiger charge is -2.30. The van der Waals surface area contributed by atoms with Crippen LogP contribution in [-0.2, 0) is 23.4 Å². The minimum Gasteiger partial charge on any atom is -0.461 e. The van der Waals surface area contributed by atoms with Crippen molar-refractivity contribution in [1.82, 2.24) is 9.80 Å². The van der Waals surface area contributed by atoms with Crippen molar-refractivity contribution in [3.63, 3.8) is 0 Å². The minimum absolute atomic E-state index is 0.212. The van der Waals surface area contributed by atoms with Gasteiger partial charge in [-0.3, -0.25) is 9.80 Å². The fourth-order valence-corrected chi connectivity index (χ4v) is 5.79. The van der Waals surface area contributed by atoms with Crippen LogP contribution in [0.1, 0.15) is 33.1 Å². The zero-order valence-electron chi connectivity index (χ0n) is 21.4. The number of rotatable bonds is 10. The first-order chi connectivity index (χ1) is 18.4. The van der Waals surface area contributed by atoms with Gasteiger partial charge in [-0.25, -0.2) is 8.78 Å². The number of benzene rings is 2. The molecule has 5 rings (SSSR count). The van der Waals surface area contributed by atoms with Gasteiger partial charge in [0.2, 0.25) is 0 Å². The molecule has 3 heterocycles. The number of furan rings is 1. The highest BCUT2D eigenvalue weighted by Gasteiger charge is 2.38. The van der Waals surface area contributed by atoms with Gasteiger partial charge in [0, 0.05) is 37.6 Å². The number of hydrogen-bond donors (Lipinski definition) is 1. The Morgan fingerprint density at radius 1 is 0.947 bits per heavy atom. The molecule has 1 N–H and O–H groups in total. The minimum atomic E-state index is -1.86. The number of aliphatic hydroxyl groups is 1. The first-order valence-corrected chi connectivity index (χ1v) is 13.7. The summed E-state index contributed by atoms with van der Waals surface area (Å²) in [7, 11) is 0. The lowest BCUT2D eigenvalue weighted by atomic mass is 9.84. The summed E-state index contributed by atoms with van der Waals surface area (Å²) in [4.78, 5) is 6.04. The standard InChI is InChI=1S/C30H32F2N2O3S/c1-22-10-17-38-28(22)21-34(12-11-33-13-15-36-16-14-33)20-27-8-9-29(37-27)30(35,23-4-2-6-25(31)18-23)24-5-3-7-26(32)19-24/h2-10,17-19,35H,11-16,20-21H2,1H3. The van der Waals surface area contributed by atoms with Crippen molar-refractivity contribution in [1.29, 1.82) is 0 Å². The predicted molar refractivity (Wildman–Crippen MR) is 144 cm³/mol. The number of morpholine rings is 1. The van der Waals surface area contributed by atoms with Gasteiger partial charge in [0.1, 0.15) is 23.2 Å². The Kier molecular flexibility index (Phi) is 8.35. The molecule has 0 unspecified atom stereocenters. The molecular formula is C30H32F2N2O3S. The van der Waals surface area contributed by atoms with Crippen molar-refractivity contribution < 1.29 is 23.0 Å². The topological polar surface area (TPSA) is 49.1 Å². The Morgan fingerprint density at radius 2 is 1.63 bits per heavy atom. The quantitative estimate of drug-likeness (QED) is 0.287. The number of halogens is 2. The van der Waals surface area contributed by atoms with Crippen molar-refractivity contribution in [3.8, 4) is 0 Å². The summed E-state index contributed by atoms with van der Waals surface area (Å²) >= 11 is 1.74. The summed E-state index contributed by atoms with van der Waals surface area (Å²) in [6.45, 7) is 8.54. The van der Waals surface area contributed by atoms with E-state index < -0.39 is 17.2 Å². The Bertz CT molecular complexity index is 1300. The zero-order chi connectivity index (χ0) is 26.5. The molecule has 4 aromatic rings. The van der Waals surface area contributed by atoms with Crippen LogP contribution in [0.2, 0.25) is 0 Å². The van der Waals surface area contributed by atoms with Gasteiger partial charge in [-0.05, 0) is 71.5 Å². The second-order valence-electron chi connectivity index (χ2n) is 9.69. The maximum atomic E-state index is 14.2. The molecule has 8 heteroatoms. The number of thiophene rings is 1. The third kappa shape index (κ3) is 6.06. The van der Waals surface area contributed by atoms with E-state index in [0.29, 0.717) is 12.3 Å². The smallest absolute Gasteiger partial charge is 0.173 e. The van der Waals surface area contributed by atoms with E-state index in [4.69, 9.17) is 9.15 Å². The number of nitrogens with zero attached hydrogens (tertiary/aromatic N) is 2. The van der Waals surface area contributed by atoms with Crippen LogP contribution in [0.25, 0.3) is 0 Å². The second-order valence-corrected chi connectivity index (χ2v) is 10.7. The van der Waals surface area contributed by atoms with Crippen molar-refractivity contribution in [2.24, 2.45) is 0 Å². The summed E-state index contributed by atoms with van der Waals surface area (Å²) in [5, 5.41) is 14.1. The van der Waals surface area contributed by atoms with Crippen LogP contribution in [0.15, 0.2) is 76.5 Å². The summed E-state index contributed by atoms with van der Waals surface area (Å²) < 4.78 is 40.1. The molecule has 1 aliphatic heterocycles. The van der Waals surface area contributed by atoms with E-state index in [9.17, 15) is 13.9 Å². The zero-order valence-corrected chi connectivity index (χ0v) is 22.2. The van der Waals surface area contributed by atoms with E-state index in [2.05, 4.69) is 28.2 Å². The summed E-state index contributed by atoms with van der Waals surface area (Å²) in [5.74, 6) is -0.110. The molecule has 1 aliphatic rings. The van der Waals surface area contributed by atoms with Gasteiger partial charge < -0.3 is 14.3 Å². The average Bonchev–Trinajstić information content (AvgIpc) is 3.56. The van der Waals surface area contributed by atoms with Crippen molar-refractivity contribution >= 4 is 11.3 Å². The lowest BCUT2D eigenvalue weighted by molar-refractivity contribution is 0.0320. The second kappa shape index (κ2) is 11.9. The molecular weight excluding hydrogens is 506 g/mol. The highest BCUT2D eigenvalue weighted by Crippen LogP contribution is 2.38. The normalized spacial score (nSPS) is 14.9. The molecule has 0 spiro atoms. The number of aryl methyl sites for hydroxylation is 1. The largest absolute Gasteiger partial charge is 0.461 e.